The Hall–Kier alpha value is -3.82. The molecule has 202 valence electrons. The Morgan fingerprint density at radius 2 is 1.62 bits per heavy atom. The van der Waals surface area contributed by atoms with Gasteiger partial charge in [-0.15, -0.1) is 23.1 Å². The number of aryl methyl sites for hydroxylation is 2. The van der Waals surface area contributed by atoms with Crippen LogP contribution in [0.2, 0.25) is 0 Å². The number of benzene rings is 3. The predicted octanol–water partition coefficient (Wildman–Crippen LogP) is 7.21. The van der Waals surface area contributed by atoms with Crippen molar-refractivity contribution < 1.29 is 19.1 Å². The van der Waals surface area contributed by atoms with E-state index in [9.17, 15) is 9.59 Å². The Morgan fingerprint density at radius 3 is 2.26 bits per heavy atom. The van der Waals surface area contributed by atoms with Gasteiger partial charge in [-0.3, -0.25) is 9.59 Å². The van der Waals surface area contributed by atoms with E-state index in [4.69, 9.17) is 9.47 Å². The smallest absolute Gasteiger partial charge is 0.263 e. The first-order valence-corrected chi connectivity index (χ1v) is 14.2. The van der Waals surface area contributed by atoms with Crippen molar-refractivity contribution in [2.45, 2.75) is 37.3 Å². The molecule has 1 unspecified atom stereocenters. The van der Waals surface area contributed by atoms with Gasteiger partial charge in [0.05, 0.1) is 25.2 Å². The number of hydrogen-bond donors (Lipinski definition) is 2. The highest BCUT2D eigenvalue weighted by atomic mass is 32.2. The van der Waals surface area contributed by atoms with Gasteiger partial charge in [-0.1, -0.05) is 48.9 Å². The number of anilines is 2. The zero-order valence-electron chi connectivity index (χ0n) is 22.5. The van der Waals surface area contributed by atoms with Gasteiger partial charge in [0.25, 0.3) is 5.91 Å². The fraction of sp³-hybridized carbons (Fsp3) is 0.233. The molecule has 39 heavy (non-hydrogen) atoms. The van der Waals surface area contributed by atoms with E-state index in [-0.39, 0.29) is 17.1 Å². The number of carbonyl (C=O) groups is 2. The fourth-order valence-corrected chi connectivity index (χ4v) is 5.87. The largest absolute Gasteiger partial charge is 0.496 e. The molecule has 7 nitrogen and oxygen atoms in total. The van der Waals surface area contributed by atoms with Gasteiger partial charge in [-0.25, -0.2) is 4.98 Å². The highest BCUT2D eigenvalue weighted by molar-refractivity contribution is 8.00. The number of thioether (sulfide) groups is 1. The molecule has 4 aromatic rings. The molecule has 3 aromatic carbocycles. The van der Waals surface area contributed by atoms with Crippen molar-refractivity contribution in [2.75, 3.05) is 24.9 Å². The summed E-state index contributed by atoms with van der Waals surface area (Å²) >= 11 is 2.91. The molecule has 2 N–H and O–H groups in total. The number of methoxy groups -OCH3 is 2. The summed E-state index contributed by atoms with van der Waals surface area (Å²) in [7, 11) is 3.02. The van der Waals surface area contributed by atoms with Gasteiger partial charge in [-0.2, -0.15) is 0 Å². The minimum absolute atomic E-state index is 0.111. The van der Waals surface area contributed by atoms with Crippen molar-refractivity contribution in [1.82, 2.24) is 4.98 Å². The van der Waals surface area contributed by atoms with Crippen LogP contribution in [0.25, 0.3) is 11.3 Å². The quantitative estimate of drug-likeness (QED) is 0.199. The minimum atomic E-state index is -0.347. The maximum absolute atomic E-state index is 13.2. The number of thiazole rings is 1. The van der Waals surface area contributed by atoms with Crippen molar-refractivity contribution in [3.05, 3.63) is 82.7 Å². The number of nitrogens with zero attached hydrogens (tertiary/aromatic N) is 1. The van der Waals surface area contributed by atoms with Gasteiger partial charge in [0, 0.05) is 21.0 Å². The standard InChI is InChI=1S/C30H31N3O4S2/c1-6-25(28(34)33-30-32-27(19(3)38-30)20-15-13-18(2)14-16-20)39-22-10-7-9-21(17-22)31-29(35)26-23(36-4)11-8-12-24(26)37-5/h7-17,25H,6H2,1-5H3,(H,31,35)(H,32,33,34). The predicted molar refractivity (Wildman–Crippen MR) is 160 cm³/mol. The molecular formula is C30H31N3O4S2. The maximum atomic E-state index is 13.2. The molecule has 0 spiro atoms. The first-order chi connectivity index (χ1) is 18.8. The third-order valence-corrected chi connectivity index (χ3v) is 8.28. The molecular weight excluding hydrogens is 530 g/mol. The molecule has 0 fully saturated rings. The monoisotopic (exact) mass is 561 g/mol. The second kappa shape index (κ2) is 12.8. The van der Waals surface area contributed by atoms with Crippen molar-refractivity contribution in [1.29, 1.82) is 0 Å². The van der Waals surface area contributed by atoms with E-state index in [0.717, 1.165) is 21.0 Å². The topological polar surface area (TPSA) is 89.5 Å². The summed E-state index contributed by atoms with van der Waals surface area (Å²) < 4.78 is 10.7. The molecule has 1 aromatic heterocycles. The Morgan fingerprint density at radius 1 is 0.949 bits per heavy atom. The van der Waals surface area contributed by atoms with Crippen LogP contribution in [0.1, 0.15) is 34.1 Å². The molecule has 1 atom stereocenters. The lowest BCUT2D eigenvalue weighted by Crippen LogP contribution is -2.24. The van der Waals surface area contributed by atoms with E-state index in [1.165, 1.54) is 42.9 Å². The first-order valence-electron chi connectivity index (χ1n) is 12.5. The van der Waals surface area contributed by atoms with Crippen LogP contribution in [-0.4, -0.2) is 36.3 Å². The van der Waals surface area contributed by atoms with Crippen LogP contribution < -0.4 is 20.1 Å². The lowest BCUT2D eigenvalue weighted by Gasteiger charge is -2.15. The van der Waals surface area contributed by atoms with Crippen LogP contribution in [0.3, 0.4) is 0 Å². The molecule has 2 amide bonds. The van der Waals surface area contributed by atoms with Crippen LogP contribution in [0.4, 0.5) is 10.8 Å². The molecule has 0 aliphatic heterocycles. The summed E-state index contributed by atoms with van der Waals surface area (Å²) in [6, 6.07) is 20.8. The molecule has 0 saturated carbocycles. The normalized spacial score (nSPS) is 11.5. The summed E-state index contributed by atoms with van der Waals surface area (Å²) in [6.07, 6.45) is 0.626. The Labute approximate surface area is 237 Å². The maximum Gasteiger partial charge on any atom is 0.263 e. The Kier molecular flexibility index (Phi) is 9.27. The second-order valence-electron chi connectivity index (χ2n) is 8.81. The molecule has 0 saturated heterocycles. The first kappa shape index (κ1) is 28.2. The zero-order valence-corrected chi connectivity index (χ0v) is 24.2. The lowest BCUT2D eigenvalue weighted by atomic mass is 10.1. The van der Waals surface area contributed by atoms with Gasteiger partial charge in [-0.05, 0) is 50.6 Å². The molecule has 0 aliphatic rings. The average molecular weight is 562 g/mol. The van der Waals surface area contributed by atoms with Crippen LogP contribution in [0, 0.1) is 13.8 Å². The second-order valence-corrected chi connectivity index (χ2v) is 11.3. The molecule has 0 bridgehead atoms. The molecule has 1 heterocycles. The van der Waals surface area contributed by atoms with Crippen molar-refractivity contribution in [2.24, 2.45) is 0 Å². The number of rotatable bonds is 10. The summed E-state index contributed by atoms with van der Waals surface area (Å²) in [5.41, 5.74) is 4.01. The zero-order chi connectivity index (χ0) is 27.9. The van der Waals surface area contributed by atoms with E-state index >= 15 is 0 Å². The molecule has 4 rings (SSSR count). The van der Waals surface area contributed by atoms with Gasteiger partial charge in [0.15, 0.2) is 5.13 Å². The Bertz CT molecular complexity index is 1450. The van der Waals surface area contributed by atoms with Crippen LogP contribution in [-0.2, 0) is 4.79 Å². The van der Waals surface area contributed by atoms with Gasteiger partial charge >= 0.3 is 0 Å². The van der Waals surface area contributed by atoms with Gasteiger partial charge in [0.2, 0.25) is 5.91 Å². The number of ether oxygens (including phenoxy) is 2. The molecule has 9 heteroatoms. The number of carbonyl (C=O) groups excluding carboxylic acids is 2. The Balaban J connectivity index is 1.45. The van der Waals surface area contributed by atoms with Crippen LogP contribution in [0.5, 0.6) is 11.5 Å². The van der Waals surface area contributed by atoms with Crippen LogP contribution >= 0.6 is 23.1 Å². The van der Waals surface area contributed by atoms with E-state index < -0.39 is 0 Å². The van der Waals surface area contributed by atoms with E-state index in [2.05, 4.69) is 27.8 Å². The summed E-state index contributed by atoms with van der Waals surface area (Å²) in [4.78, 5) is 32.8. The number of amides is 2. The number of hydrogen-bond acceptors (Lipinski definition) is 7. The van der Waals surface area contributed by atoms with Crippen LogP contribution in [0.15, 0.2) is 71.6 Å². The number of nitrogens with one attached hydrogen (secondary N) is 2. The SMILES string of the molecule is CCC(Sc1cccc(NC(=O)c2c(OC)cccc2OC)c1)C(=O)Nc1nc(-c2ccc(C)cc2)c(C)s1. The lowest BCUT2D eigenvalue weighted by molar-refractivity contribution is -0.115. The number of aromatic nitrogens is 1. The third-order valence-electron chi connectivity index (χ3n) is 6.04. The van der Waals surface area contributed by atoms with Crippen molar-refractivity contribution in [3.8, 4) is 22.8 Å². The van der Waals surface area contributed by atoms with E-state index in [0.29, 0.717) is 34.3 Å². The third kappa shape index (κ3) is 6.79. The van der Waals surface area contributed by atoms with Gasteiger partial charge < -0.3 is 20.1 Å². The van der Waals surface area contributed by atoms with Crippen molar-refractivity contribution in [3.63, 3.8) is 0 Å². The highest BCUT2D eigenvalue weighted by Crippen LogP contribution is 2.33. The minimum Gasteiger partial charge on any atom is -0.496 e. The summed E-state index contributed by atoms with van der Waals surface area (Å²) in [5.74, 6) is 0.380. The van der Waals surface area contributed by atoms with E-state index in [1.807, 2.05) is 51.1 Å². The molecule has 0 radical (unpaired) electrons. The average Bonchev–Trinajstić information content (AvgIpc) is 3.31. The summed E-state index contributed by atoms with van der Waals surface area (Å²) in [5, 5.41) is 6.16. The van der Waals surface area contributed by atoms with Gasteiger partial charge in [0.1, 0.15) is 17.1 Å². The van der Waals surface area contributed by atoms with E-state index in [1.54, 1.807) is 24.3 Å². The molecule has 0 aliphatic carbocycles. The van der Waals surface area contributed by atoms with Crippen molar-refractivity contribution >= 4 is 45.7 Å². The highest BCUT2D eigenvalue weighted by Gasteiger charge is 2.22. The fourth-order valence-electron chi connectivity index (χ4n) is 4.02. The summed E-state index contributed by atoms with van der Waals surface area (Å²) in [6.45, 7) is 6.03.